The van der Waals surface area contributed by atoms with Crippen molar-refractivity contribution in [3.05, 3.63) is 70.8 Å². The zero-order chi connectivity index (χ0) is 23.6. The highest BCUT2D eigenvalue weighted by Crippen LogP contribution is 2.23. The van der Waals surface area contributed by atoms with Crippen molar-refractivity contribution in [2.45, 2.75) is 39.8 Å². The Balaban J connectivity index is 1.51. The SMILES string of the molecule is CN=C(NCCc1cccc(C(=O)NC)c1)NCc1ccccc1CN1CC(C)CC(C)C1. The van der Waals surface area contributed by atoms with Gasteiger partial charge in [0.1, 0.15) is 0 Å². The fourth-order valence-corrected chi connectivity index (χ4v) is 4.78. The maximum Gasteiger partial charge on any atom is 0.251 e. The summed E-state index contributed by atoms with van der Waals surface area (Å²) in [6.07, 6.45) is 2.14. The van der Waals surface area contributed by atoms with Gasteiger partial charge in [-0.1, -0.05) is 50.2 Å². The molecule has 178 valence electrons. The molecule has 33 heavy (non-hydrogen) atoms. The summed E-state index contributed by atoms with van der Waals surface area (Å²) >= 11 is 0. The van der Waals surface area contributed by atoms with Gasteiger partial charge < -0.3 is 16.0 Å². The average Bonchev–Trinajstić information content (AvgIpc) is 2.81. The summed E-state index contributed by atoms with van der Waals surface area (Å²) in [4.78, 5) is 18.8. The molecule has 1 amide bonds. The highest BCUT2D eigenvalue weighted by Gasteiger charge is 2.22. The Hall–Kier alpha value is -2.86. The van der Waals surface area contributed by atoms with E-state index in [0.29, 0.717) is 5.56 Å². The van der Waals surface area contributed by atoms with E-state index < -0.39 is 0 Å². The van der Waals surface area contributed by atoms with E-state index in [4.69, 9.17) is 0 Å². The van der Waals surface area contributed by atoms with Crippen molar-refractivity contribution in [2.24, 2.45) is 16.8 Å². The Kier molecular flexibility index (Phi) is 9.31. The van der Waals surface area contributed by atoms with Crippen LogP contribution in [0.5, 0.6) is 0 Å². The number of rotatable bonds is 8. The summed E-state index contributed by atoms with van der Waals surface area (Å²) in [5.74, 6) is 2.25. The van der Waals surface area contributed by atoms with Crippen LogP contribution in [0, 0.1) is 11.8 Å². The minimum absolute atomic E-state index is 0.0607. The fraction of sp³-hybridized carbons (Fsp3) is 0.481. The molecule has 0 saturated carbocycles. The van der Waals surface area contributed by atoms with Crippen molar-refractivity contribution in [1.82, 2.24) is 20.9 Å². The number of aliphatic imine (C=N–C) groups is 1. The number of guanidine groups is 1. The van der Waals surface area contributed by atoms with Gasteiger partial charge in [0, 0.05) is 52.4 Å². The Bertz CT molecular complexity index is 932. The molecule has 1 heterocycles. The molecule has 6 nitrogen and oxygen atoms in total. The molecule has 3 rings (SSSR count). The third-order valence-electron chi connectivity index (χ3n) is 6.25. The molecule has 0 aromatic heterocycles. The minimum Gasteiger partial charge on any atom is -0.356 e. The molecular weight excluding hydrogens is 410 g/mol. The molecule has 0 radical (unpaired) electrons. The zero-order valence-electron chi connectivity index (χ0n) is 20.5. The van der Waals surface area contributed by atoms with Gasteiger partial charge in [-0.25, -0.2) is 0 Å². The molecule has 1 aliphatic rings. The molecule has 2 atom stereocenters. The summed E-state index contributed by atoms with van der Waals surface area (Å²) in [5, 5.41) is 9.53. The molecule has 2 aromatic carbocycles. The number of likely N-dealkylation sites (tertiary alicyclic amines) is 1. The summed E-state index contributed by atoms with van der Waals surface area (Å²) in [6, 6.07) is 16.4. The summed E-state index contributed by atoms with van der Waals surface area (Å²) in [7, 11) is 3.45. The molecule has 1 saturated heterocycles. The van der Waals surface area contributed by atoms with E-state index in [1.165, 1.54) is 30.6 Å². The van der Waals surface area contributed by atoms with E-state index in [1.807, 2.05) is 24.3 Å². The van der Waals surface area contributed by atoms with E-state index in [9.17, 15) is 4.79 Å². The summed E-state index contributed by atoms with van der Waals surface area (Å²) < 4.78 is 0. The lowest BCUT2D eigenvalue weighted by molar-refractivity contribution is 0.0963. The second-order valence-electron chi connectivity index (χ2n) is 9.29. The van der Waals surface area contributed by atoms with Gasteiger partial charge in [0.15, 0.2) is 5.96 Å². The lowest BCUT2D eigenvalue weighted by Gasteiger charge is -2.35. The Morgan fingerprint density at radius 3 is 2.45 bits per heavy atom. The first-order valence-electron chi connectivity index (χ1n) is 12.0. The first-order valence-corrected chi connectivity index (χ1v) is 12.0. The average molecular weight is 450 g/mol. The number of piperidine rings is 1. The van der Waals surface area contributed by atoms with Crippen LogP contribution in [-0.2, 0) is 19.5 Å². The molecule has 0 spiro atoms. The van der Waals surface area contributed by atoms with Crippen LogP contribution in [0.4, 0.5) is 0 Å². The first-order chi connectivity index (χ1) is 16.0. The first kappa shape index (κ1) is 24.8. The largest absolute Gasteiger partial charge is 0.356 e. The van der Waals surface area contributed by atoms with Crippen molar-refractivity contribution in [3.63, 3.8) is 0 Å². The predicted octanol–water partition coefficient (Wildman–Crippen LogP) is 3.43. The van der Waals surface area contributed by atoms with Crippen LogP contribution in [-0.4, -0.2) is 50.5 Å². The molecule has 0 aliphatic carbocycles. The van der Waals surface area contributed by atoms with Crippen molar-refractivity contribution >= 4 is 11.9 Å². The fourth-order valence-electron chi connectivity index (χ4n) is 4.78. The van der Waals surface area contributed by atoms with Gasteiger partial charge in [0.2, 0.25) is 0 Å². The minimum atomic E-state index is -0.0607. The molecule has 2 unspecified atom stereocenters. The molecule has 2 aromatic rings. The van der Waals surface area contributed by atoms with Crippen LogP contribution in [0.25, 0.3) is 0 Å². The topological polar surface area (TPSA) is 68.8 Å². The maximum absolute atomic E-state index is 11.8. The van der Waals surface area contributed by atoms with Gasteiger partial charge in [0.05, 0.1) is 0 Å². The lowest BCUT2D eigenvalue weighted by Crippen LogP contribution is -2.39. The van der Waals surface area contributed by atoms with Crippen LogP contribution in [0.15, 0.2) is 53.5 Å². The monoisotopic (exact) mass is 449 g/mol. The number of hydrogen-bond donors (Lipinski definition) is 3. The van der Waals surface area contributed by atoms with Crippen LogP contribution in [0.3, 0.4) is 0 Å². The third-order valence-corrected chi connectivity index (χ3v) is 6.25. The Labute approximate surface area is 198 Å². The number of carbonyl (C=O) groups is 1. The Morgan fingerprint density at radius 2 is 1.76 bits per heavy atom. The van der Waals surface area contributed by atoms with E-state index in [1.54, 1.807) is 14.1 Å². The zero-order valence-corrected chi connectivity index (χ0v) is 20.5. The second kappa shape index (κ2) is 12.4. The Morgan fingerprint density at radius 1 is 1.03 bits per heavy atom. The molecule has 3 N–H and O–H groups in total. The second-order valence-corrected chi connectivity index (χ2v) is 9.29. The van der Waals surface area contributed by atoms with Crippen LogP contribution < -0.4 is 16.0 Å². The molecule has 1 fully saturated rings. The van der Waals surface area contributed by atoms with Crippen LogP contribution in [0.1, 0.15) is 47.3 Å². The van der Waals surface area contributed by atoms with Crippen LogP contribution >= 0.6 is 0 Å². The van der Waals surface area contributed by atoms with Crippen molar-refractivity contribution in [3.8, 4) is 0 Å². The van der Waals surface area contributed by atoms with Crippen molar-refractivity contribution < 1.29 is 4.79 Å². The number of nitrogens with zero attached hydrogens (tertiary/aromatic N) is 2. The molecule has 0 bridgehead atoms. The molecule has 1 aliphatic heterocycles. The molecule has 6 heteroatoms. The maximum atomic E-state index is 11.8. The van der Waals surface area contributed by atoms with E-state index in [0.717, 1.165) is 49.4 Å². The third kappa shape index (κ3) is 7.60. The van der Waals surface area contributed by atoms with Gasteiger partial charge in [0.25, 0.3) is 5.91 Å². The van der Waals surface area contributed by atoms with Gasteiger partial charge in [-0.15, -0.1) is 0 Å². The summed E-state index contributed by atoms with van der Waals surface area (Å²) in [5.41, 5.74) is 4.50. The van der Waals surface area contributed by atoms with E-state index in [2.05, 4.69) is 64.0 Å². The van der Waals surface area contributed by atoms with Crippen molar-refractivity contribution in [1.29, 1.82) is 0 Å². The van der Waals surface area contributed by atoms with Gasteiger partial charge in [-0.3, -0.25) is 14.7 Å². The highest BCUT2D eigenvalue weighted by molar-refractivity contribution is 5.94. The quantitative estimate of drug-likeness (QED) is 0.427. The van der Waals surface area contributed by atoms with Gasteiger partial charge in [-0.05, 0) is 53.5 Å². The van der Waals surface area contributed by atoms with E-state index >= 15 is 0 Å². The predicted molar refractivity (Wildman–Crippen MR) is 136 cm³/mol. The highest BCUT2D eigenvalue weighted by atomic mass is 16.1. The smallest absolute Gasteiger partial charge is 0.251 e. The van der Waals surface area contributed by atoms with E-state index in [-0.39, 0.29) is 5.91 Å². The number of carbonyl (C=O) groups excluding carboxylic acids is 1. The number of amides is 1. The number of nitrogens with one attached hydrogen (secondary N) is 3. The molecular formula is C27H39N5O. The summed E-state index contributed by atoms with van der Waals surface area (Å²) in [6.45, 7) is 9.55. The van der Waals surface area contributed by atoms with Gasteiger partial charge in [-0.2, -0.15) is 0 Å². The number of hydrogen-bond acceptors (Lipinski definition) is 3. The normalized spacial score (nSPS) is 19.2. The van der Waals surface area contributed by atoms with Crippen molar-refractivity contribution in [2.75, 3.05) is 33.7 Å². The standard InChI is InChI=1S/C27H39N5O/c1-20-14-21(2)18-32(17-20)19-25-10-6-5-9-24(25)16-31-27(29-4)30-13-12-22-8-7-11-23(15-22)26(33)28-3/h5-11,15,20-21H,12-14,16-19H2,1-4H3,(H,28,33)(H2,29,30,31). The number of benzene rings is 2. The van der Waals surface area contributed by atoms with Crippen LogP contribution in [0.2, 0.25) is 0 Å². The lowest BCUT2D eigenvalue weighted by atomic mass is 9.91. The van der Waals surface area contributed by atoms with Gasteiger partial charge >= 0.3 is 0 Å².